The van der Waals surface area contributed by atoms with E-state index in [1.807, 2.05) is 20.8 Å². The summed E-state index contributed by atoms with van der Waals surface area (Å²) in [6.45, 7) is 6.78. The Kier molecular flexibility index (Phi) is 3.24. The van der Waals surface area contributed by atoms with E-state index >= 15 is 0 Å². The van der Waals surface area contributed by atoms with Gasteiger partial charge in [0.25, 0.3) is 0 Å². The SMILES string of the molecule is CC(C)(C)OC(=O)C1NCC2CCCCC21. The minimum absolute atomic E-state index is 0.0514. The van der Waals surface area contributed by atoms with Crippen molar-refractivity contribution in [1.82, 2.24) is 5.32 Å². The monoisotopic (exact) mass is 225 g/mol. The van der Waals surface area contributed by atoms with E-state index in [4.69, 9.17) is 4.74 Å². The maximum atomic E-state index is 12.0. The molecule has 1 saturated carbocycles. The van der Waals surface area contributed by atoms with E-state index in [0.29, 0.717) is 11.8 Å². The Morgan fingerprint density at radius 1 is 1.25 bits per heavy atom. The summed E-state index contributed by atoms with van der Waals surface area (Å²) in [5, 5.41) is 3.35. The van der Waals surface area contributed by atoms with Crippen LogP contribution in [-0.4, -0.2) is 24.2 Å². The zero-order chi connectivity index (χ0) is 11.8. The van der Waals surface area contributed by atoms with Crippen molar-refractivity contribution in [1.29, 1.82) is 0 Å². The summed E-state index contributed by atoms with van der Waals surface area (Å²) in [7, 11) is 0. The van der Waals surface area contributed by atoms with E-state index in [2.05, 4.69) is 5.32 Å². The lowest BCUT2D eigenvalue weighted by Gasteiger charge is -2.29. The van der Waals surface area contributed by atoms with E-state index in [0.717, 1.165) is 6.54 Å². The Morgan fingerprint density at radius 3 is 2.62 bits per heavy atom. The van der Waals surface area contributed by atoms with Crippen LogP contribution >= 0.6 is 0 Å². The first kappa shape index (κ1) is 11.9. The standard InChI is InChI=1S/C13H23NO2/c1-13(2,3)16-12(15)11-10-7-5-4-6-9(10)8-14-11/h9-11,14H,4-8H2,1-3H3. The summed E-state index contributed by atoms with van der Waals surface area (Å²) >= 11 is 0. The molecule has 0 amide bonds. The van der Waals surface area contributed by atoms with Gasteiger partial charge >= 0.3 is 5.97 Å². The predicted octanol–water partition coefficient (Wildman–Crippen LogP) is 2.11. The second-order valence-electron chi connectivity index (χ2n) is 6.13. The lowest BCUT2D eigenvalue weighted by Crippen LogP contribution is -2.41. The van der Waals surface area contributed by atoms with Gasteiger partial charge in [0.1, 0.15) is 11.6 Å². The van der Waals surface area contributed by atoms with Gasteiger partial charge in [-0.15, -0.1) is 0 Å². The average Bonchev–Trinajstić information content (AvgIpc) is 2.58. The molecule has 0 radical (unpaired) electrons. The minimum atomic E-state index is -0.370. The third kappa shape index (κ3) is 2.57. The molecule has 1 aliphatic carbocycles. The molecule has 16 heavy (non-hydrogen) atoms. The molecule has 0 spiro atoms. The fourth-order valence-electron chi connectivity index (χ4n) is 2.98. The highest BCUT2D eigenvalue weighted by molar-refractivity contribution is 5.77. The second-order valence-corrected chi connectivity index (χ2v) is 6.13. The van der Waals surface area contributed by atoms with Crippen LogP contribution in [-0.2, 0) is 9.53 Å². The van der Waals surface area contributed by atoms with Gasteiger partial charge in [0, 0.05) is 0 Å². The molecule has 2 aliphatic rings. The number of carbonyl (C=O) groups excluding carboxylic acids is 1. The lowest BCUT2D eigenvalue weighted by atomic mass is 9.78. The molecule has 1 N–H and O–H groups in total. The fraction of sp³-hybridized carbons (Fsp3) is 0.923. The van der Waals surface area contributed by atoms with Crippen molar-refractivity contribution in [2.45, 2.75) is 58.1 Å². The van der Waals surface area contributed by atoms with Crippen LogP contribution in [0.25, 0.3) is 0 Å². The van der Waals surface area contributed by atoms with E-state index in [1.165, 1.54) is 25.7 Å². The number of nitrogens with one attached hydrogen (secondary N) is 1. The highest BCUT2D eigenvalue weighted by atomic mass is 16.6. The van der Waals surface area contributed by atoms with Crippen molar-refractivity contribution in [3.8, 4) is 0 Å². The van der Waals surface area contributed by atoms with Crippen molar-refractivity contribution in [3.63, 3.8) is 0 Å². The van der Waals surface area contributed by atoms with Gasteiger partial charge in [-0.25, -0.2) is 0 Å². The number of hydrogen-bond donors (Lipinski definition) is 1. The van der Waals surface area contributed by atoms with Gasteiger partial charge in [-0.1, -0.05) is 12.8 Å². The molecular formula is C13H23NO2. The predicted molar refractivity (Wildman–Crippen MR) is 63.1 cm³/mol. The first-order chi connectivity index (χ1) is 7.47. The molecule has 3 nitrogen and oxygen atoms in total. The van der Waals surface area contributed by atoms with E-state index in [9.17, 15) is 4.79 Å². The maximum Gasteiger partial charge on any atom is 0.323 e. The van der Waals surface area contributed by atoms with Gasteiger partial charge in [0.15, 0.2) is 0 Å². The first-order valence-corrected chi connectivity index (χ1v) is 6.43. The maximum absolute atomic E-state index is 12.0. The van der Waals surface area contributed by atoms with Crippen LogP contribution in [0.5, 0.6) is 0 Å². The number of carbonyl (C=O) groups is 1. The zero-order valence-corrected chi connectivity index (χ0v) is 10.6. The average molecular weight is 225 g/mol. The highest BCUT2D eigenvalue weighted by Gasteiger charge is 2.42. The number of rotatable bonds is 1. The Morgan fingerprint density at radius 2 is 1.94 bits per heavy atom. The minimum Gasteiger partial charge on any atom is -0.459 e. The number of fused-ring (bicyclic) bond motifs is 1. The molecule has 3 heteroatoms. The molecule has 1 aliphatic heterocycles. The van der Waals surface area contributed by atoms with Crippen LogP contribution < -0.4 is 5.32 Å². The lowest BCUT2D eigenvalue weighted by molar-refractivity contribution is -0.158. The van der Waals surface area contributed by atoms with E-state index < -0.39 is 0 Å². The van der Waals surface area contributed by atoms with Crippen LogP contribution in [0.4, 0.5) is 0 Å². The van der Waals surface area contributed by atoms with Gasteiger partial charge < -0.3 is 10.1 Å². The fourth-order valence-corrected chi connectivity index (χ4v) is 2.98. The van der Waals surface area contributed by atoms with Crippen molar-refractivity contribution >= 4 is 5.97 Å². The van der Waals surface area contributed by atoms with Gasteiger partial charge in [0.2, 0.25) is 0 Å². The van der Waals surface area contributed by atoms with Crippen LogP contribution in [0.15, 0.2) is 0 Å². The first-order valence-electron chi connectivity index (χ1n) is 6.43. The second kappa shape index (κ2) is 4.36. The number of hydrogen-bond acceptors (Lipinski definition) is 3. The third-order valence-electron chi connectivity index (χ3n) is 3.66. The largest absolute Gasteiger partial charge is 0.459 e. The van der Waals surface area contributed by atoms with Crippen molar-refractivity contribution in [3.05, 3.63) is 0 Å². The molecule has 1 saturated heterocycles. The molecule has 3 unspecified atom stereocenters. The molecule has 3 atom stereocenters. The highest BCUT2D eigenvalue weighted by Crippen LogP contribution is 2.36. The number of esters is 1. The summed E-state index contributed by atoms with van der Waals surface area (Å²) in [6.07, 6.45) is 5.05. The molecule has 0 aromatic rings. The molecule has 0 bridgehead atoms. The molecule has 92 valence electrons. The van der Waals surface area contributed by atoms with Crippen LogP contribution in [0, 0.1) is 11.8 Å². The molecule has 0 aromatic heterocycles. The summed E-state index contributed by atoms with van der Waals surface area (Å²) in [6, 6.07) is -0.0514. The van der Waals surface area contributed by atoms with Crippen LogP contribution in [0.3, 0.4) is 0 Å². The van der Waals surface area contributed by atoms with Crippen molar-refractivity contribution < 1.29 is 9.53 Å². The third-order valence-corrected chi connectivity index (χ3v) is 3.66. The Labute approximate surface area is 97.9 Å². The summed E-state index contributed by atoms with van der Waals surface area (Å²) < 4.78 is 5.47. The van der Waals surface area contributed by atoms with Gasteiger partial charge in [-0.05, 0) is 52.0 Å². The summed E-state index contributed by atoms with van der Waals surface area (Å²) in [5.41, 5.74) is -0.370. The Bertz CT molecular complexity index is 270. The summed E-state index contributed by atoms with van der Waals surface area (Å²) in [5.74, 6) is 1.16. The topological polar surface area (TPSA) is 38.3 Å². The summed E-state index contributed by atoms with van der Waals surface area (Å²) in [4.78, 5) is 12.0. The molecule has 2 fully saturated rings. The van der Waals surface area contributed by atoms with Crippen molar-refractivity contribution in [2.75, 3.05) is 6.54 Å². The van der Waals surface area contributed by atoms with Gasteiger partial charge in [-0.2, -0.15) is 0 Å². The Balaban J connectivity index is 1.97. The van der Waals surface area contributed by atoms with Gasteiger partial charge in [-0.3, -0.25) is 4.79 Å². The van der Waals surface area contributed by atoms with E-state index in [1.54, 1.807) is 0 Å². The number of ether oxygens (including phenoxy) is 1. The smallest absolute Gasteiger partial charge is 0.323 e. The van der Waals surface area contributed by atoms with Crippen LogP contribution in [0.2, 0.25) is 0 Å². The molecular weight excluding hydrogens is 202 g/mol. The molecule has 1 heterocycles. The van der Waals surface area contributed by atoms with E-state index in [-0.39, 0.29) is 17.6 Å². The van der Waals surface area contributed by atoms with Crippen LogP contribution in [0.1, 0.15) is 46.5 Å². The van der Waals surface area contributed by atoms with Gasteiger partial charge in [0.05, 0.1) is 0 Å². The van der Waals surface area contributed by atoms with Crippen molar-refractivity contribution in [2.24, 2.45) is 11.8 Å². The normalized spacial score (nSPS) is 34.6. The molecule has 0 aromatic carbocycles. The zero-order valence-electron chi connectivity index (χ0n) is 10.6. The quantitative estimate of drug-likeness (QED) is 0.695. The molecule has 2 rings (SSSR count). The Hall–Kier alpha value is -0.570.